The molecule has 0 aromatic heterocycles. The smallest absolute Gasteiger partial charge is 0.185 e. The first-order valence-electron chi connectivity index (χ1n) is 3.46. The Morgan fingerprint density at radius 1 is 1.42 bits per heavy atom. The molecule has 0 unspecified atom stereocenters. The predicted octanol–water partition coefficient (Wildman–Crippen LogP) is 1.53. The normalized spacial score (nSPS) is 14.2. The van der Waals surface area contributed by atoms with Crippen LogP contribution in [0.2, 0.25) is 0 Å². The van der Waals surface area contributed by atoms with Gasteiger partial charge in [-0.05, 0) is 24.1 Å². The van der Waals surface area contributed by atoms with Gasteiger partial charge in [-0.1, -0.05) is 12.1 Å². The number of para-hydroxylation sites is 1. The zero-order valence-electron chi connectivity index (χ0n) is 6.15. The van der Waals surface area contributed by atoms with Gasteiger partial charge in [0, 0.05) is 0 Å². The van der Waals surface area contributed by atoms with Gasteiger partial charge in [0.25, 0.3) is 0 Å². The summed E-state index contributed by atoms with van der Waals surface area (Å²) in [5, 5.41) is 0. The molecule has 0 saturated carbocycles. The maximum atomic E-state index is 10.4. The maximum absolute atomic E-state index is 10.4. The van der Waals surface area contributed by atoms with Crippen LogP contribution in [-0.2, 0) is 4.79 Å². The van der Waals surface area contributed by atoms with Crippen molar-refractivity contribution in [2.24, 2.45) is 4.99 Å². The van der Waals surface area contributed by atoms with Crippen molar-refractivity contribution in [1.82, 2.24) is 4.72 Å². The molecule has 1 aromatic carbocycles. The van der Waals surface area contributed by atoms with Gasteiger partial charge in [0.05, 0.1) is 10.6 Å². The van der Waals surface area contributed by atoms with Gasteiger partial charge in [-0.3, -0.25) is 4.79 Å². The van der Waals surface area contributed by atoms with E-state index >= 15 is 0 Å². The second-order valence-electron chi connectivity index (χ2n) is 2.29. The summed E-state index contributed by atoms with van der Waals surface area (Å²) in [5.74, 6) is 0.374. The van der Waals surface area contributed by atoms with Crippen molar-refractivity contribution < 1.29 is 4.79 Å². The summed E-state index contributed by atoms with van der Waals surface area (Å²) in [6.07, 6.45) is 0.711. The number of hydrogen-bond donors (Lipinski definition) is 1. The number of benzene rings is 1. The largest absolute Gasteiger partial charge is 0.307 e. The van der Waals surface area contributed by atoms with Crippen LogP contribution < -0.4 is 4.72 Å². The molecule has 0 atom stereocenters. The second-order valence-corrected chi connectivity index (χ2v) is 3.13. The quantitative estimate of drug-likeness (QED) is 0.523. The van der Waals surface area contributed by atoms with Gasteiger partial charge in [-0.25, -0.2) is 4.99 Å². The minimum absolute atomic E-state index is 0.374. The summed E-state index contributed by atoms with van der Waals surface area (Å²) in [4.78, 5) is 15.5. The van der Waals surface area contributed by atoms with Gasteiger partial charge in [-0.15, -0.1) is 0 Å². The third-order valence-corrected chi connectivity index (χ3v) is 2.36. The van der Waals surface area contributed by atoms with Crippen LogP contribution in [0.25, 0.3) is 0 Å². The van der Waals surface area contributed by atoms with E-state index in [-0.39, 0.29) is 0 Å². The molecule has 0 radical (unpaired) electrons. The molecule has 3 nitrogen and oxygen atoms in total. The van der Waals surface area contributed by atoms with E-state index in [0.29, 0.717) is 12.1 Å². The standard InChI is InChI=1S/C8H6N2OS/c11-5-8-9-6-3-1-2-4-7(6)12-10-8/h1-5H,(H,9,10). The Kier molecular flexibility index (Phi) is 1.83. The number of carbonyl (C=O) groups excluding carboxylic acids is 1. The van der Waals surface area contributed by atoms with Gasteiger partial charge in [0.1, 0.15) is 0 Å². The lowest BCUT2D eigenvalue weighted by Gasteiger charge is -2.11. The van der Waals surface area contributed by atoms with Crippen LogP contribution in [0.4, 0.5) is 5.69 Å². The highest BCUT2D eigenvalue weighted by atomic mass is 32.2. The number of aliphatic imine (C=N–C) groups is 1. The topological polar surface area (TPSA) is 41.5 Å². The average molecular weight is 178 g/mol. The van der Waals surface area contributed by atoms with E-state index < -0.39 is 0 Å². The lowest BCUT2D eigenvalue weighted by Crippen LogP contribution is -2.19. The van der Waals surface area contributed by atoms with Crippen LogP contribution in [0.3, 0.4) is 0 Å². The number of nitrogens with zero attached hydrogens (tertiary/aromatic N) is 1. The van der Waals surface area contributed by atoms with Crippen molar-refractivity contribution in [2.45, 2.75) is 4.90 Å². The number of hydrogen-bond acceptors (Lipinski definition) is 4. The number of amidine groups is 1. The Morgan fingerprint density at radius 2 is 2.25 bits per heavy atom. The first kappa shape index (κ1) is 7.36. The van der Waals surface area contributed by atoms with Crippen LogP contribution in [0.5, 0.6) is 0 Å². The monoisotopic (exact) mass is 178 g/mol. The molecule has 1 aromatic rings. The van der Waals surface area contributed by atoms with Crippen LogP contribution in [0.1, 0.15) is 0 Å². The zero-order chi connectivity index (χ0) is 8.39. The molecule has 1 heterocycles. The van der Waals surface area contributed by atoms with Gasteiger partial charge < -0.3 is 4.72 Å². The molecule has 0 bridgehead atoms. The summed E-state index contributed by atoms with van der Waals surface area (Å²) in [7, 11) is 0. The first-order chi connectivity index (χ1) is 5.90. The van der Waals surface area contributed by atoms with E-state index in [9.17, 15) is 4.79 Å². The molecule has 4 heteroatoms. The summed E-state index contributed by atoms with van der Waals surface area (Å²) < 4.78 is 2.82. The van der Waals surface area contributed by atoms with E-state index in [2.05, 4.69) is 9.71 Å². The first-order valence-corrected chi connectivity index (χ1v) is 4.27. The van der Waals surface area contributed by atoms with Crippen molar-refractivity contribution in [3.63, 3.8) is 0 Å². The van der Waals surface area contributed by atoms with Crippen molar-refractivity contribution in [3.05, 3.63) is 24.3 Å². The van der Waals surface area contributed by atoms with E-state index in [1.165, 1.54) is 11.9 Å². The van der Waals surface area contributed by atoms with Crippen LogP contribution in [-0.4, -0.2) is 12.1 Å². The molecule has 0 spiro atoms. The van der Waals surface area contributed by atoms with Crippen LogP contribution in [0.15, 0.2) is 34.2 Å². The number of nitrogens with one attached hydrogen (secondary N) is 1. The highest BCUT2D eigenvalue weighted by Crippen LogP contribution is 2.30. The fraction of sp³-hybridized carbons (Fsp3) is 0. The predicted molar refractivity (Wildman–Crippen MR) is 48.6 cm³/mol. The molecule has 0 amide bonds. The van der Waals surface area contributed by atoms with Crippen molar-refractivity contribution >= 4 is 29.8 Å². The van der Waals surface area contributed by atoms with Gasteiger partial charge in [-0.2, -0.15) is 0 Å². The fourth-order valence-electron chi connectivity index (χ4n) is 0.946. The Labute approximate surface area is 74.0 Å². The van der Waals surface area contributed by atoms with Crippen LogP contribution in [0, 0.1) is 0 Å². The maximum Gasteiger partial charge on any atom is 0.185 e. The molecule has 0 saturated heterocycles. The third kappa shape index (κ3) is 1.21. The average Bonchev–Trinajstić information content (AvgIpc) is 2.17. The lowest BCUT2D eigenvalue weighted by atomic mass is 10.3. The molecule has 0 fully saturated rings. The van der Waals surface area contributed by atoms with Crippen molar-refractivity contribution in [3.8, 4) is 0 Å². The Hall–Kier alpha value is -1.29. The minimum Gasteiger partial charge on any atom is -0.307 e. The molecule has 0 aliphatic carbocycles. The van der Waals surface area contributed by atoms with Crippen molar-refractivity contribution in [2.75, 3.05) is 0 Å². The summed E-state index contributed by atoms with van der Waals surface area (Å²) in [5.41, 5.74) is 0.850. The summed E-state index contributed by atoms with van der Waals surface area (Å²) >= 11 is 1.41. The van der Waals surface area contributed by atoms with E-state index in [1.54, 1.807) is 0 Å². The van der Waals surface area contributed by atoms with Crippen LogP contribution >= 0.6 is 11.9 Å². The highest BCUT2D eigenvalue weighted by molar-refractivity contribution is 7.98. The number of rotatable bonds is 1. The van der Waals surface area contributed by atoms with Crippen molar-refractivity contribution in [1.29, 1.82) is 0 Å². The molecular formula is C8H6N2OS. The lowest BCUT2D eigenvalue weighted by molar-refractivity contribution is -0.102. The molecule has 2 rings (SSSR count). The number of aldehydes is 1. The zero-order valence-corrected chi connectivity index (χ0v) is 6.97. The SMILES string of the molecule is O=CC1=Nc2ccccc2SN1. The molecule has 1 N–H and O–H groups in total. The Morgan fingerprint density at radius 3 is 3.08 bits per heavy atom. The molecule has 1 aliphatic rings. The van der Waals surface area contributed by atoms with E-state index in [1.807, 2.05) is 24.3 Å². The molecule has 60 valence electrons. The third-order valence-electron chi connectivity index (χ3n) is 1.48. The van der Waals surface area contributed by atoms with Gasteiger partial charge >= 0.3 is 0 Å². The Balaban J connectivity index is 2.47. The van der Waals surface area contributed by atoms with Gasteiger partial charge in [0.15, 0.2) is 12.1 Å². The summed E-state index contributed by atoms with van der Waals surface area (Å²) in [6, 6.07) is 7.68. The molecule has 1 aliphatic heterocycles. The molecular weight excluding hydrogens is 172 g/mol. The summed E-state index contributed by atoms with van der Waals surface area (Å²) in [6.45, 7) is 0. The van der Waals surface area contributed by atoms with E-state index in [4.69, 9.17) is 0 Å². The van der Waals surface area contributed by atoms with E-state index in [0.717, 1.165) is 10.6 Å². The molecule has 12 heavy (non-hydrogen) atoms. The number of carbonyl (C=O) groups is 1. The number of fused-ring (bicyclic) bond motifs is 1. The Bertz CT molecular complexity index is 349. The fourth-order valence-corrected chi connectivity index (χ4v) is 1.62. The minimum atomic E-state index is 0.374. The highest BCUT2D eigenvalue weighted by Gasteiger charge is 2.09. The van der Waals surface area contributed by atoms with Gasteiger partial charge in [0.2, 0.25) is 0 Å². The second kappa shape index (κ2) is 2.98.